The third kappa shape index (κ3) is 2.96. The van der Waals surface area contributed by atoms with E-state index in [2.05, 4.69) is 15.3 Å². The number of carbonyl (C=O) groups is 1. The van der Waals surface area contributed by atoms with Crippen LogP contribution in [-0.4, -0.2) is 28.1 Å². The van der Waals surface area contributed by atoms with Crippen molar-refractivity contribution in [3.05, 3.63) is 15.6 Å². The summed E-state index contributed by atoms with van der Waals surface area (Å²) in [4.78, 5) is 22.1. The van der Waals surface area contributed by atoms with E-state index in [4.69, 9.17) is 16.3 Å². The Labute approximate surface area is 131 Å². The van der Waals surface area contributed by atoms with Crippen molar-refractivity contribution in [2.45, 2.75) is 45.8 Å². The van der Waals surface area contributed by atoms with Gasteiger partial charge in [-0.2, -0.15) is 0 Å². The van der Waals surface area contributed by atoms with Crippen LogP contribution in [0.25, 0.3) is 10.2 Å². The summed E-state index contributed by atoms with van der Waals surface area (Å²) in [5.74, 6) is 0.193. The molecule has 1 fully saturated rings. The minimum absolute atomic E-state index is 0.157. The number of nitrogens with one attached hydrogen (secondary N) is 1. The van der Waals surface area contributed by atoms with E-state index in [0.29, 0.717) is 26.9 Å². The Balaban J connectivity index is 2.01. The number of thiophene rings is 1. The maximum Gasteiger partial charge on any atom is 0.348 e. The fourth-order valence-electron chi connectivity index (χ4n) is 2.03. The zero-order valence-corrected chi connectivity index (χ0v) is 13.6. The molecule has 3 rings (SSSR count). The molecule has 1 aliphatic rings. The van der Waals surface area contributed by atoms with Gasteiger partial charge in [-0.05, 0) is 39.2 Å². The number of esters is 1. The summed E-state index contributed by atoms with van der Waals surface area (Å²) in [6.07, 6.45) is 2.11. The minimum atomic E-state index is -0.335. The van der Waals surface area contributed by atoms with Crippen molar-refractivity contribution in [3.8, 4) is 0 Å². The molecule has 1 saturated carbocycles. The lowest BCUT2D eigenvalue weighted by atomic mass is 10.2. The van der Waals surface area contributed by atoms with Crippen molar-refractivity contribution < 1.29 is 9.53 Å². The number of halogens is 1. The predicted octanol–water partition coefficient (Wildman–Crippen LogP) is 3.79. The second kappa shape index (κ2) is 5.42. The molecule has 0 atom stereocenters. The number of anilines is 1. The molecule has 0 spiro atoms. The van der Waals surface area contributed by atoms with Crippen LogP contribution in [0.2, 0.25) is 5.15 Å². The highest BCUT2D eigenvalue weighted by atomic mass is 35.5. The van der Waals surface area contributed by atoms with Crippen LogP contribution in [0.3, 0.4) is 0 Å². The third-order valence-electron chi connectivity index (χ3n) is 3.18. The summed E-state index contributed by atoms with van der Waals surface area (Å²) in [5, 5.41) is 4.33. The molecule has 21 heavy (non-hydrogen) atoms. The van der Waals surface area contributed by atoms with Gasteiger partial charge in [0.05, 0.1) is 11.5 Å². The largest absolute Gasteiger partial charge is 0.459 e. The quantitative estimate of drug-likeness (QED) is 0.684. The molecule has 0 amide bonds. The molecule has 1 N–H and O–H groups in total. The molecular formula is C14H16ClN3O2S. The molecule has 0 radical (unpaired) electrons. The summed E-state index contributed by atoms with van der Waals surface area (Å²) in [6, 6.07) is 0.449. The van der Waals surface area contributed by atoms with E-state index in [-0.39, 0.29) is 12.1 Å². The van der Waals surface area contributed by atoms with Gasteiger partial charge >= 0.3 is 5.97 Å². The van der Waals surface area contributed by atoms with Gasteiger partial charge in [-0.1, -0.05) is 11.6 Å². The summed E-state index contributed by atoms with van der Waals surface area (Å²) >= 11 is 7.56. The Kier molecular flexibility index (Phi) is 3.75. The molecule has 0 bridgehead atoms. The SMILES string of the molecule is Cc1c(C(=O)OC(C)C)sc2nc(NC3CC3)nc(Cl)c12. The molecule has 2 aromatic heterocycles. The van der Waals surface area contributed by atoms with E-state index in [1.807, 2.05) is 20.8 Å². The van der Waals surface area contributed by atoms with Crippen LogP contribution < -0.4 is 5.32 Å². The molecule has 112 valence electrons. The van der Waals surface area contributed by atoms with Gasteiger partial charge in [-0.25, -0.2) is 14.8 Å². The van der Waals surface area contributed by atoms with Crippen LogP contribution in [-0.2, 0) is 4.74 Å². The number of hydrogen-bond donors (Lipinski definition) is 1. The lowest BCUT2D eigenvalue weighted by molar-refractivity contribution is 0.0383. The van der Waals surface area contributed by atoms with Crippen molar-refractivity contribution in [1.82, 2.24) is 9.97 Å². The fourth-order valence-corrected chi connectivity index (χ4v) is 3.46. The van der Waals surface area contributed by atoms with Crippen LogP contribution in [0.1, 0.15) is 41.9 Å². The summed E-state index contributed by atoms with van der Waals surface area (Å²) in [5.41, 5.74) is 0.781. The Morgan fingerprint density at radius 1 is 1.43 bits per heavy atom. The first-order chi connectivity index (χ1) is 9.95. The second-order valence-electron chi connectivity index (χ2n) is 5.45. The van der Waals surface area contributed by atoms with Gasteiger partial charge in [0.25, 0.3) is 0 Å². The van der Waals surface area contributed by atoms with Crippen molar-refractivity contribution in [3.63, 3.8) is 0 Å². The molecule has 1 aliphatic carbocycles. The molecule has 0 aliphatic heterocycles. The topological polar surface area (TPSA) is 64.1 Å². The van der Waals surface area contributed by atoms with Crippen molar-refractivity contribution in [1.29, 1.82) is 0 Å². The standard InChI is InChI=1S/C14H16ClN3O2S/c1-6(2)20-13(19)10-7(3)9-11(15)17-14(16-8-4-5-8)18-12(9)21-10/h6,8H,4-5H2,1-3H3,(H,16,17,18). The molecule has 0 aromatic carbocycles. The third-order valence-corrected chi connectivity index (χ3v) is 4.62. The van der Waals surface area contributed by atoms with Crippen LogP contribution in [0.4, 0.5) is 5.95 Å². The number of nitrogens with zero attached hydrogens (tertiary/aromatic N) is 2. The van der Waals surface area contributed by atoms with Crippen molar-refractivity contribution in [2.24, 2.45) is 0 Å². The average Bonchev–Trinajstić information content (AvgIpc) is 3.11. The van der Waals surface area contributed by atoms with Crippen LogP contribution in [0.15, 0.2) is 0 Å². The van der Waals surface area contributed by atoms with E-state index in [9.17, 15) is 4.79 Å². The number of carbonyl (C=O) groups excluding carboxylic acids is 1. The molecule has 0 unspecified atom stereocenters. The van der Waals surface area contributed by atoms with Gasteiger partial charge in [-0.15, -0.1) is 11.3 Å². The molecular weight excluding hydrogens is 310 g/mol. The average molecular weight is 326 g/mol. The molecule has 5 nitrogen and oxygen atoms in total. The zero-order valence-electron chi connectivity index (χ0n) is 12.1. The number of aryl methyl sites for hydroxylation is 1. The van der Waals surface area contributed by atoms with E-state index < -0.39 is 0 Å². The first-order valence-electron chi connectivity index (χ1n) is 6.90. The maximum atomic E-state index is 12.1. The van der Waals surface area contributed by atoms with Gasteiger partial charge in [0.2, 0.25) is 5.95 Å². The van der Waals surface area contributed by atoms with Crippen LogP contribution in [0, 0.1) is 6.92 Å². The molecule has 2 aromatic rings. The Morgan fingerprint density at radius 2 is 2.14 bits per heavy atom. The number of hydrogen-bond acceptors (Lipinski definition) is 6. The van der Waals surface area contributed by atoms with E-state index >= 15 is 0 Å². The Morgan fingerprint density at radius 3 is 2.76 bits per heavy atom. The van der Waals surface area contributed by atoms with Crippen molar-refractivity contribution in [2.75, 3.05) is 5.32 Å². The Hall–Kier alpha value is -1.40. The molecule has 7 heteroatoms. The summed E-state index contributed by atoms with van der Waals surface area (Å²) < 4.78 is 5.26. The Bertz CT molecular complexity index is 710. The number of fused-ring (bicyclic) bond motifs is 1. The second-order valence-corrected chi connectivity index (χ2v) is 6.80. The fraction of sp³-hybridized carbons (Fsp3) is 0.500. The molecule has 2 heterocycles. The highest BCUT2D eigenvalue weighted by Crippen LogP contribution is 2.35. The lowest BCUT2D eigenvalue weighted by Gasteiger charge is -2.06. The van der Waals surface area contributed by atoms with Crippen LogP contribution in [0.5, 0.6) is 0 Å². The van der Waals surface area contributed by atoms with Crippen molar-refractivity contribution >= 4 is 45.1 Å². The van der Waals surface area contributed by atoms with E-state index in [0.717, 1.165) is 23.8 Å². The monoisotopic (exact) mass is 325 g/mol. The van der Waals surface area contributed by atoms with Gasteiger partial charge in [-0.3, -0.25) is 0 Å². The summed E-state index contributed by atoms with van der Waals surface area (Å²) in [6.45, 7) is 5.50. The first-order valence-corrected chi connectivity index (χ1v) is 8.09. The van der Waals surface area contributed by atoms with Gasteiger partial charge < -0.3 is 10.1 Å². The number of rotatable bonds is 4. The van der Waals surface area contributed by atoms with Crippen LogP contribution >= 0.6 is 22.9 Å². The van der Waals surface area contributed by atoms with E-state index in [1.165, 1.54) is 11.3 Å². The molecule has 0 saturated heterocycles. The first kappa shape index (κ1) is 14.5. The highest BCUT2D eigenvalue weighted by molar-refractivity contribution is 7.20. The maximum absolute atomic E-state index is 12.1. The highest BCUT2D eigenvalue weighted by Gasteiger charge is 2.25. The van der Waals surface area contributed by atoms with Gasteiger partial charge in [0.1, 0.15) is 14.9 Å². The smallest absolute Gasteiger partial charge is 0.348 e. The predicted molar refractivity (Wildman–Crippen MR) is 84.4 cm³/mol. The van der Waals surface area contributed by atoms with Gasteiger partial charge in [0.15, 0.2) is 0 Å². The lowest BCUT2D eigenvalue weighted by Crippen LogP contribution is -2.11. The van der Waals surface area contributed by atoms with Gasteiger partial charge in [0, 0.05) is 6.04 Å². The number of ether oxygens (including phenoxy) is 1. The normalized spacial score (nSPS) is 14.7. The zero-order chi connectivity index (χ0) is 15.1. The summed E-state index contributed by atoms with van der Waals surface area (Å²) in [7, 11) is 0. The van der Waals surface area contributed by atoms with E-state index in [1.54, 1.807) is 0 Å². The number of aromatic nitrogens is 2. The minimum Gasteiger partial charge on any atom is -0.459 e.